The van der Waals surface area contributed by atoms with E-state index in [-0.39, 0.29) is 6.42 Å². The molecular formula is C7H13F2N. The van der Waals surface area contributed by atoms with Crippen molar-refractivity contribution in [2.45, 2.75) is 32.2 Å². The average molecular weight is 149 g/mol. The van der Waals surface area contributed by atoms with Gasteiger partial charge < -0.3 is 5.73 Å². The van der Waals surface area contributed by atoms with Gasteiger partial charge in [0, 0.05) is 12.5 Å². The number of hydrogen-bond donors (Lipinski definition) is 1. The molecule has 0 aromatic carbocycles. The lowest BCUT2D eigenvalue weighted by atomic mass is 10.1. The smallest absolute Gasteiger partial charge is 0.267 e. The normalized spacial score (nSPS) is 16.1. The molecule has 0 aromatic rings. The molecule has 0 aromatic heterocycles. The molecule has 0 spiro atoms. The van der Waals surface area contributed by atoms with Gasteiger partial charge in [0.25, 0.3) is 5.92 Å². The first-order valence-electron chi connectivity index (χ1n) is 3.25. The van der Waals surface area contributed by atoms with Crippen molar-refractivity contribution in [3.63, 3.8) is 0 Å². The van der Waals surface area contributed by atoms with Gasteiger partial charge in [-0.1, -0.05) is 6.08 Å². The number of halogens is 2. The molecule has 0 bridgehead atoms. The van der Waals surface area contributed by atoms with Crippen molar-refractivity contribution in [1.29, 1.82) is 0 Å². The Morgan fingerprint density at radius 3 is 2.40 bits per heavy atom. The maximum atomic E-state index is 12.5. The van der Waals surface area contributed by atoms with Crippen molar-refractivity contribution < 1.29 is 8.78 Å². The van der Waals surface area contributed by atoms with Crippen molar-refractivity contribution in [3.8, 4) is 0 Å². The maximum Gasteiger partial charge on any atom is 0.267 e. The molecular weight excluding hydrogens is 136 g/mol. The standard InChI is InChI=1S/C7H13F2N/c1-3-4-7(8,9)5-6(2)10/h3-4,6H,5,10H2,1-2H3/b4-3+. The highest BCUT2D eigenvalue weighted by Gasteiger charge is 2.25. The summed E-state index contributed by atoms with van der Waals surface area (Å²) < 4.78 is 25.0. The van der Waals surface area contributed by atoms with E-state index in [1.807, 2.05) is 0 Å². The SMILES string of the molecule is C/C=C/C(F)(F)CC(C)N. The quantitative estimate of drug-likeness (QED) is 0.610. The van der Waals surface area contributed by atoms with Crippen LogP contribution in [0.2, 0.25) is 0 Å². The van der Waals surface area contributed by atoms with Crippen LogP contribution in [0.4, 0.5) is 8.78 Å². The van der Waals surface area contributed by atoms with Crippen molar-refractivity contribution in [3.05, 3.63) is 12.2 Å². The molecule has 0 aliphatic heterocycles. The van der Waals surface area contributed by atoms with Crippen molar-refractivity contribution in [2.24, 2.45) is 5.73 Å². The van der Waals surface area contributed by atoms with E-state index in [1.165, 1.54) is 6.08 Å². The predicted molar refractivity (Wildman–Crippen MR) is 38.0 cm³/mol. The zero-order valence-corrected chi connectivity index (χ0v) is 6.27. The van der Waals surface area contributed by atoms with Gasteiger partial charge in [-0.05, 0) is 19.9 Å². The summed E-state index contributed by atoms with van der Waals surface area (Å²) in [5.74, 6) is -2.73. The van der Waals surface area contributed by atoms with Crippen LogP contribution >= 0.6 is 0 Å². The molecule has 0 saturated carbocycles. The van der Waals surface area contributed by atoms with Crippen molar-refractivity contribution in [2.75, 3.05) is 0 Å². The minimum atomic E-state index is -2.73. The first-order valence-corrected chi connectivity index (χ1v) is 3.25. The molecule has 0 aliphatic rings. The Bertz CT molecular complexity index is 119. The molecule has 0 fully saturated rings. The number of allylic oxidation sites excluding steroid dienone is 2. The van der Waals surface area contributed by atoms with E-state index in [2.05, 4.69) is 0 Å². The lowest BCUT2D eigenvalue weighted by Gasteiger charge is -2.13. The average Bonchev–Trinajstić information content (AvgIpc) is 1.59. The second-order valence-corrected chi connectivity index (χ2v) is 2.44. The molecule has 0 heterocycles. The monoisotopic (exact) mass is 149 g/mol. The van der Waals surface area contributed by atoms with Gasteiger partial charge in [-0.25, -0.2) is 8.78 Å². The van der Waals surface area contributed by atoms with E-state index in [4.69, 9.17) is 5.73 Å². The van der Waals surface area contributed by atoms with E-state index in [9.17, 15) is 8.78 Å². The number of alkyl halides is 2. The summed E-state index contributed by atoms with van der Waals surface area (Å²) in [5.41, 5.74) is 5.19. The van der Waals surface area contributed by atoms with Gasteiger partial charge in [0.1, 0.15) is 0 Å². The second kappa shape index (κ2) is 3.66. The third-order valence-electron chi connectivity index (χ3n) is 1.00. The lowest BCUT2D eigenvalue weighted by Crippen LogP contribution is -2.25. The third-order valence-corrected chi connectivity index (χ3v) is 1.00. The zero-order valence-electron chi connectivity index (χ0n) is 6.27. The predicted octanol–water partition coefficient (Wildman–Crippen LogP) is 1.94. The fourth-order valence-corrected chi connectivity index (χ4v) is 0.741. The van der Waals surface area contributed by atoms with E-state index in [0.717, 1.165) is 6.08 Å². The Hall–Kier alpha value is -0.440. The molecule has 2 N–H and O–H groups in total. The Labute approximate surface area is 59.9 Å². The first-order chi connectivity index (χ1) is 4.48. The molecule has 1 unspecified atom stereocenters. The lowest BCUT2D eigenvalue weighted by molar-refractivity contribution is 0.0400. The Morgan fingerprint density at radius 1 is 1.60 bits per heavy atom. The Morgan fingerprint density at radius 2 is 2.10 bits per heavy atom. The van der Waals surface area contributed by atoms with Gasteiger partial charge in [-0.2, -0.15) is 0 Å². The molecule has 3 heteroatoms. The number of hydrogen-bond acceptors (Lipinski definition) is 1. The minimum absolute atomic E-state index is 0.280. The van der Waals surface area contributed by atoms with E-state index in [1.54, 1.807) is 13.8 Å². The molecule has 0 rings (SSSR count). The Balaban J connectivity index is 3.86. The van der Waals surface area contributed by atoms with Gasteiger partial charge in [-0.15, -0.1) is 0 Å². The van der Waals surface area contributed by atoms with Crippen molar-refractivity contribution in [1.82, 2.24) is 0 Å². The molecule has 10 heavy (non-hydrogen) atoms. The third kappa shape index (κ3) is 4.44. The fourth-order valence-electron chi connectivity index (χ4n) is 0.741. The molecule has 0 radical (unpaired) electrons. The summed E-state index contributed by atoms with van der Waals surface area (Å²) >= 11 is 0. The van der Waals surface area contributed by atoms with Crippen LogP contribution in [0.1, 0.15) is 20.3 Å². The second-order valence-electron chi connectivity index (χ2n) is 2.44. The Kier molecular flexibility index (Phi) is 3.50. The maximum absolute atomic E-state index is 12.5. The minimum Gasteiger partial charge on any atom is -0.328 e. The van der Waals surface area contributed by atoms with E-state index >= 15 is 0 Å². The van der Waals surface area contributed by atoms with Crippen LogP contribution < -0.4 is 5.73 Å². The zero-order chi connectivity index (χ0) is 8.20. The van der Waals surface area contributed by atoms with Gasteiger partial charge in [0.2, 0.25) is 0 Å². The van der Waals surface area contributed by atoms with Crippen LogP contribution in [0.3, 0.4) is 0 Å². The molecule has 1 atom stereocenters. The first kappa shape index (κ1) is 9.56. The molecule has 0 aliphatic carbocycles. The van der Waals surface area contributed by atoms with Crippen LogP contribution in [0.25, 0.3) is 0 Å². The fraction of sp³-hybridized carbons (Fsp3) is 0.714. The largest absolute Gasteiger partial charge is 0.328 e. The van der Waals surface area contributed by atoms with Gasteiger partial charge in [0.15, 0.2) is 0 Å². The van der Waals surface area contributed by atoms with Gasteiger partial charge in [0.05, 0.1) is 0 Å². The highest BCUT2D eigenvalue weighted by Crippen LogP contribution is 2.20. The number of rotatable bonds is 3. The van der Waals surface area contributed by atoms with Crippen LogP contribution in [-0.2, 0) is 0 Å². The van der Waals surface area contributed by atoms with Crippen LogP contribution in [0, 0.1) is 0 Å². The van der Waals surface area contributed by atoms with Crippen LogP contribution in [0.5, 0.6) is 0 Å². The van der Waals surface area contributed by atoms with E-state index < -0.39 is 12.0 Å². The summed E-state index contributed by atoms with van der Waals surface area (Å²) in [5, 5.41) is 0. The van der Waals surface area contributed by atoms with E-state index in [0.29, 0.717) is 0 Å². The van der Waals surface area contributed by atoms with Crippen LogP contribution in [0.15, 0.2) is 12.2 Å². The summed E-state index contributed by atoms with van der Waals surface area (Å²) in [6.45, 7) is 3.13. The summed E-state index contributed by atoms with van der Waals surface area (Å²) in [6.07, 6.45) is 1.93. The highest BCUT2D eigenvalue weighted by molar-refractivity contribution is 4.93. The summed E-state index contributed by atoms with van der Waals surface area (Å²) in [7, 11) is 0. The number of nitrogens with two attached hydrogens (primary N) is 1. The van der Waals surface area contributed by atoms with Crippen molar-refractivity contribution >= 4 is 0 Å². The molecule has 0 amide bonds. The topological polar surface area (TPSA) is 26.0 Å². The van der Waals surface area contributed by atoms with Gasteiger partial charge in [-0.3, -0.25) is 0 Å². The summed E-state index contributed by atoms with van der Waals surface area (Å²) in [6, 6.07) is -0.453. The molecule has 0 saturated heterocycles. The summed E-state index contributed by atoms with van der Waals surface area (Å²) in [4.78, 5) is 0. The van der Waals surface area contributed by atoms with Crippen LogP contribution in [-0.4, -0.2) is 12.0 Å². The molecule has 60 valence electrons. The molecule has 1 nitrogen and oxygen atoms in total. The highest BCUT2D eigenvalue weighted by atomic mass is 19.3. The van der Waals surface area contributed by atoms with Gasteiger partial charge >= 0.3 is 0 Å².